The average Bonchev–Trinajstić information content (AvgIpc) is 1.86. The lowest BCUT2D eigenvalue weighted by molar-refractivity contribution is 0.00789. The molecule has 4 nitrogen and oxygen atoms in total. The van der Waals surface area contributed by atoms with Crippen LogP contribution in [-0.2, 0) is 4.74 Å². The van der Waals surface area contributed by atoms with E-state index in [0.717, 1.165) is 0 Å². The van der Waals surface area contributed by atoms with Gasteiger partial charge in [0.15, 0.2) is 0 Å². The molecule has 0 radical (unpaired) electrons. The average molecular weight is 158 g/mol. The Balaban J connectivity index is 2.53. The maximum absolute atomic E-state index is 10.7. The number of hydrogen-bond donors (Lipinski definition) is 2. The molecule has 0 aromatic carbocycles. The summed E-state index contributed by atoms with van der Waals surface area (Å²) in [4.78, 5) is 10.7. The summed E-state index contributed by atoms with van der Waals surface area (Å²) in [6.45, 7) is 6.78. The van der Waals surface area contributed by atoms with Gasteiger partial charge in [-0.1, -0.05) is 20.8 Å². The quantitative estimate of drug-likeness (QED) is 0.544. The molecule has 64 valence electrons. The molecule has 4 heteroatoms. The van der Waals surface area contributed by atoms with Gasteiger partial charge in [0.25, 0.3) is 0 Å². The molecule has 1 amide bonds. The second-order valence-corrected chi connectivity index (χ2v) is 3.77. The first kappa shape index (κ1) is 8.33. The molecule has 0 aromatic rings. The van der Waals surface area contributed by atoms with Crippen molar-refractivity contribution in [1.29, 1.82) is 0 Å². The Hall–Kier alpha value is -0.770. The van der Waals surface area contributed by atoms with Crippen LogP contribution in [0.3, 0.4) is 0 Å². The molecule has 0 bridgehead atoms. The molecule has 1 atom stereocenters. The van der Waals surface area contributed by atoms with Crippen molar-refractivity contribution in [3.05, 3.63) is 0 Å². The fraction of sp³-hybridized carbons (Fsp3) is 0.857. The summed E-state index contributed by atoms with van der Waals surface area (Å²) in [5.41, 5.74) is 5.14. The van der Waals surface area contributed by atoms with Crippen molar-refractivity contribution in [2.45, 2.75) is 26.9 Å². The number of cyclic esters (lactones) is 1. The van der Waals surface area contributed by atoms with Crippen molar-refractivity contribution in [3.63, 3.8) is 0 Å². The van der Waals surface area contributed by atoms with Gasteiger partial charge in [0, 0.05) is 5.41 Å². The van der Waals surface area contributed by atoms with Gasteiger partial charge in [0.1, 0.15) is 6.10 Å². The molecular weight excluding hydrogens is 144 g/mol. The predicted octanol–water partition coefficient (Wildman–Crippen LogP) is 0.646. The third-order valence-corrected chi connectivity index (χ3v) is 1.69. The van der Waals surface area contributed by atoms with Crippen LogP contribution in [0, 0.1) is 5.41 Å². The van der Waals surface area contributed by atoms with E-state index in [1.807, 2.05) is 20.8 Å². The molecule has 1 unspecified atom stereocenters. The van der Waals surface area contributed by atoms with Crippen LogP contribution in [0.4, 0.5) is 4.79 Å². The maximum Gasteiger partial charge on any atom is 0.421 e. The molecule has 2 N–H and O–H groups in total. The molecule has 1 aliphatic heterocycles. The Bertz CT molecular complexity index is 162. The van der Waals surface area contributed by atoms with Crippen molar-refractivity contribution in [2.75, 3.05) is 6.54 Å². The molecule has 1 rings (SSSR count). The Labute approximate surface area is 66.3 Å². The molecule has 0 aromatic heterocycles. The van der Waals surface area contributed by atoms with Crippen molar-refractivity contribution in [1.82, 2.24) is 10.9 Å². The Morgan fingerprint density at radius 2 is 2.18 bits per heavy atom. The van der Waals surface area contributed by atoms with Crippen LogP contribution in [-0.4, -0.2) is 18.7 Å². The first-order valence-electron chi connectivity index (χ1n) is 3.69. The molecule has 0 saturated carbocycles. The molecule has 1 aliphatic rings. The van der Waals surface area contributed by atoms with E-state index in [4.69, 9.17) is 4.74 Å². The highest BCUT2D eigenvalue weighted by Crippen LogP contribution is 2.22. The van der Waals surface area contributed by atoms with Gasteiger partial charge in [-0.2, -0.15) is 0 Å². The number of ether oxygens (including phenoxy) is 1. The van der Waals surface area contributed by atoms with Crippen LogP contribution in [0.2, 0.25) is 0 Å². The minimum Gasteiger partial charge on any atom is -0.443 e. The van der Waals surface area contributed by atoms with Crippen LogP contribution in [0.25, 0.3) is 0 Å². The standard InChI is InChI=1S/C7H14N2O2/c1-7(2,3)5-4-8-9-6(10)11-5/h5,8H,4H2,1-3H3,(H,9,10). The van der Waals surface area contributed by atoms with Crippen LogP contribution < -0.4 is 10.9 Å². The lowest BCUT2D eigenvalue weighted by Crippen LogP contribution is -2.54. The summed E-state index contributed by atoms with van der Waals surface area (Å²) in [5, 5.41) is 0. The third kappa shape index (κ3) is 2.08. The molecule has 0 aliphatic carbocycles. The first-order chi connectivity index (χ1) is 5.00. The van der Waals surface area contributed by atoms with E-state index < -0.39 is 6.09 Å². The molecule has 11 heavy (non-hydrogen) atoms. The SMILES string of the molecule is CC(C)(C)C1CNNC(=O)O1. The van der Waals surface area contributed by atoms with Gasteiger partial charge in [0.05, 0.1) is 6.54 Å². The van der Waals surface area contributed by atoms with Crippen LogP contribution in [0.1, 0.15) is 20.8 Å². The topological polar surface area (TPSA) is 50.4 Å². The number of carbonyl (C=O) groups excluding carboxylic acids is 1. The van der Waals surface area contributed by atoms with Crippen LogP contribution in [0.5, 0.6) is 0 Å². The minimum absolute atomic E-state index is 0.00472. The monoisotopic (exact) mass is 158 g/mol. The van der Waals surface area contributed by atoms with Crippen LogP contribution in [0.15, 0.2) is 0 Å². The third-order valence-electron chi connectivity index (χ3n) is 1.69. The van der Waals surface area contributed by atoms with Crippen molar-refractivity contribution < 1.29 is 9.53 Å². The lowest BCUT2D eigenvalue weighted by atomic mass is 9.89. The Morgan fingerprint density at radius 3 is 2.55 bits per heavy atom. The summed E-state index contributed by atoms with van der Waals surface area (Å²) in [7, 11) is 0. The largest absolute Gasteiger partial charge is 0.443 e. The summed E-state index contributed by atoms with van der Waals surface area (Å²) in [6.07, 6.45) is -0.438. The first-order valence-corrected chi connectivity index (χ1v) is 3.69. The molecule has 0 spiro atoms. The molecular formula is C7H14N2O2. The number of hydrogen-bond acceptors (Lipinski definition) is 3. The van der Waals surface area contributed by atoms with E-state index in [-0.39, 0.29) is 11.5 Å². The van der Waals surface area contributed by atoms with Gasteiger partial charge in [-0.15, -0.1) is 0 Å². The fourth-order valence-electron chi connectivity index (χ4n) is 0.899. The highest BCUT2D eigenvalue weighted by atomic mass is 16.6. The van der Waals surface area contributed by atoms with Gasteiger partial charge in [-0.05, 0) is 0 Å². The number of hydrazine groups is 1. The highest BCUT2D eigenvalue weighted by Gasteiger charge is 2.30. The van der Waals surface area contributed by atoms with E-state index in [1.165, 1.54) is 0 Å². The zero-order valence-corrected chi connectivity index (χ0v) is 7.10. The molecule has 1 heterocycles. The highest BCUT2D eigenvalue weighted by molar-refractivity contribution is 5.67. The second-order valence-electron chi connectivity index (χ2n) is 3.77. The van der Waals surface area contributed by atoms with Gasteiger partial charge in [-0.3, -0.25) is 5.43 Å². The van der Waals surface area contributed by atoms with E-state index in [1.54, 1.807) is 0 Å². The number of carbonyl (C=O) groups is 1. The number of nitrogens with one attached hydrogen (secondary N) is 2. The van der Waals surface area contributed by atoms with Gasteiger partial charge < -0.3 is 4.74 Å². The van der Waals surface area contributed by atoms with Crippen LogP contribution >= 0.6 is 0 Å². The van der Waals surface area contributed by atoms with E-state index in [2.05, 4.69) is 10.9 Å². The van der Waals surface area contributed by atoms with Crippen molar-refractivity contribution in [3.8, 4) is 0 Å². The van der Waals surface area contributed by atoms with Gasteiger partial charge >= 0.3 is 6.09 Å². The normalized spacial score (nSPS) is 25.7. The number of amides is 1. The maximum atomic E-state index is 10.7. The van der Waals surface area contributed by atoms with Gasteiger partial charge in [-0.25, -0.2) is 10.2 Å². The molecule has 1 fully saturated rings. The second kappa shape index (κ2) is 2.70. The molecule has 1 saturated heterocycles. The van der Waals surface area contributed by atoms with E-state index >= 15 is 0 Å². The fourth-order valence-corrected chi connectivity index (χ4v) is 0.899. The van der Waals surface area contributed by atoms with Crippen molar-refractivity contribution in [2.24, 2.45) is 5.41 Å². The summed E-state index contributed by atoms with van der Waals surface area (Å²) in [5.74, 6) is 0. The zero-order chi connectivity index (χ0) is 8.48. The summed E-state index contributed by atoms with van der Waals surface area (Å²) < 4.78 is 5.04. The van der Waals surface area contributed by atoms with E-state index in [0.29, 0.717) is 6.54 Å². The smallest absolute Gasteiger partial charge is 0.421 e. The van der Waals surface area contributed by atoms with Crippen molar-refractivity contribution >= 4 is 6.09 Å². The van der Waals surface area contributed by atoms with E-state index in [9.17, 15) is 4.79 Å². The summed E-state index contributed by atoms with van der Waals surface area (Å²) in [6, 6.07) is 0. The summed E-state index contributed by atoms with van der Waals surface area (Å²) >= 11 is 0. The Morgan fingerprint density at radius 1 is 1.55 bits per heavy atom. The number of rotatable bonds is 0. The van der Waals surface area contributed by atoms with Gasteiger partial charge in [0.2, 0.25) is 0 Å². The minimum atomic E-state index is -0.392. The predicted molar refractivity (Wildman–Crippen MR) is 40.9 cm³/mol. The lowest BCUT2D eigenvalue weighted by Gasteiger charge is -2.33. The zero-order valence-electron chi connectivity index (χ0n) is 7.10. The Kier molecular flexibility index (Phi) is 2.04.